The molecule has 0 radical (unpaired) electrons. The van der Waals surface area contributed by atoms with Gasteiger partial charge in [0.15, 0.2) is 0 Å². The van der Waals surface area contributed by atoms with E-state index in [4.69, 9.17) is 5.73 Å². The molecule has 8 heteroatoms. The van der Waals surface area contributed by atoms with Gasteiger partial charge in [-0.3, -0.25) is 10.1 Å². The number of nitrogens with zero attached hydrogens (tertiary/aromatic N) is 1. The molecule has 3 N–H and O–H groups in total. The highest BCUT2D eigenvalue weighted by atomic mass is 32.2. The molecule has 0 fully saturated rings. The Hall–Kier alpha value is -2.29. The van der Waals surface area contributed by atoms with Crippen molar-refractivity contribution in [2.75, 3.05) is 0 Å². The van der Waals surface area contributed by atoms with Crippen molar-refractivity contribution in [2.24, 2.45) is 5.73 Å². The third kappa shape index (κ3) is 3.88. The zero-order chi connectivity index (χ0) is 16.2. The summed E-state index contributed by atoms with van der Waals surface area (Å²) in [7, 11) is -3.71. The fourth-order valence-electron chi connectivity index (χ4n) is 1.80. The first-order valence-electron chi connectivity index (χ1n) is 6.44. The highest BCUT2D eigenvalue weighted by Crippen LogP contribution is 2.16. The van der Waals surface area contributed by atoms with Crippen LogP contribution in [0.4, 0.5) is 5.69 Å². The van der Waals surface area contributed by atoms with Crippen molar-refractivity contribution in [3.8, 4) is 0 Å². The lowest BCUT2D eigenvalue weighted by Crippen LogP contribution is -2.23. The molecule has 0 atom stereocenters. The van der Waals surface area contributed by atoms with E-state index in [1.807, 2.05) is 12.1 Å². The van der Waals surface area contributed by atoms with E-state index in [0.717, 1.165) is 23.3 Å². The van der Waals surface area contributed by atoms with E-state index in [2.05, 4.69) is 4.72 Å². The zero-order valence-corrected chi connectivity index (χ0v) is 12.4. The van der Waals surface area contributed by atoms with Gasteiger partial charge in [-0.1, -0.05) is 24.3 Å². The van der Waals surface area contributed by atoms with E-state index in [-0.39, 0.29) is 17.1 Å². The molecule has 0 saturated heterocycles. The number of benzene rings is 2. The Morgan fingerprint density at radius 2 is 1.55 bits per heavy atom. The number of nitro groups is 1. The molecule has 0 heterocycles. The van der Waals surface area contributed by atoms with Crippen LogP contribution in [0.1, 0.15) is 11.1 Å². The van der Waals surface area contributed by atoms with E-state index in [0.29, 0.717) is 6.54 Å². The van der Waals surface area contributed by atoms with E-state index in [1.165, 1.54) is 12.1 Å². The average Bonchev–Trinajstić information content (AvgIpc) is 2.53. The largest absolute Gasteiger partial charge is 0.326 e. The Labute approximate surface area is 128 Å². The van der Waals surface area contributed by atoms with Gasteiger partial charge in [0.1, 0.15) is 0 Å². The number of rotatable bonds is 6. The van der Waals surface area contributed by atoms with Gasteiger partial charge in [0.05, 0.1) is 9.82 Å². The number of non-ortho nitro benzene ring substituents is 1. The maximum atomic E-state index is 12.1. The van der Waals surface area contributed by atoms with Crippen LogP contribution in [0.2, 0.25) is 0 Å². The maximum absolute atomic E-state index is 12.1. The number of nitrogens with two attached hydrogens (primary N) is 1. The van der Waals surface area contributed by atoms with Crippen LogP contribution < -0.4 is 10.5 Å². The summed E-state index contributed by atoms with van der Waals surface area (Å²) in [6.45, 7) is 0.555. The summed E-state index contributed by atoms with van der Waals surface area (Å²) in [6.07, 6.45) is 0. The zero-order valence-electron chi connectivity index (χ0n) is 11.6. The summed E-state index contributed by atoms with van der Waals surface area (Å²) >= 11 is 0. The number of sulfonamides is 1. The number of hydrogen-bond donors (Lipinski definition) is 2. The van der Waals surface area contributed by atoms with Crippen LogP contribution >= 0.6 is 0 Å². The predicted octanol–water partition coefficient (Wildman–Crippen LogP) is 1.53. The van der Waals surface area contributed by atoms with Crippen molar-refractivity contribution in [3.05, 3.63) is 69.8 Å². The molecule has 2 aromatic carbocycles. The topological polar surface area (TPSA) is 115 Å². The molecule has 7 nitrogen and oxygen atoms in total. The summed E-state index contributed by atoms with van der Waals surface area (Å²) in [6, 6.07) is 12.0. The molecule has 0 aliphatic rings. The summed E-state index contributed by atoms with van der Waals surface area (Å²) in [5.74, 6) is 0. The third-order valence-corrected chi connectivity index (χ3v) is 4.50. The lowest BCUT2D eigenvalue weighted by molar-refractivity contribution is -0.384. The highest BCUT2D eigenvalue weighted by Gasteiger charge is 2.15. The predicted molar refractivity (Wildman–Crippen MR) is 81.5 cm³/mol. The molecular weight excluding hydrogens is 306 g/mol. The SMILES string of the molecule is NCc1ccc(CNS(=O)(=O)c2ccc([N+](=O)[O-])cc2)cc1. The van der Waals surface area contributed by atoms with Gasteiger partial charge in [-0.05, 0) is 23.3 Å². The normalized spacial score (nSPS) is 11.3. The number of hydrogen-bond acceptors (Lipinski definition) is 5. The van der Waals surface area contributed by atoms with E-state index >= 15 is 0 Å². The summed E-state index contributed by atoms with van der Waals surface area (Å²) in [5, 5.41) is 10.6. The quantitative estimate of drug-likeness (QED) is 0.618. The molecule has 2 rings (SSSR count). The molecule has 0 bridgehead atoms. The molecule has 2 aromatic rings. The molecule has 22 heavy (non-hydrogen) atoms. The van der Waals surface area contributed by atoms with Crippen LogP contribution in [0.15, 0.2) is 53.4 Å². The lowest BCUT2D eigenvalue weighted by atomic mass is 10.1. The van der Waals surface area contributed by atoms with E-state index in [1.54, 1.807) is 12.1 Å². The first kappa shape index (κ1) is 16.1. The highest BCUT2D eigenvalue weighted by molar-refractivity contribution is 7.89. The molecule has 0 amide bonds. The first-order valence-corrected chi connectivity index (χ1v) is 7.93. The minimum absolute atomic E-state index is 0.0170. The summed E-state index contributed by atoms with van der Waals surface area (Å²) in [4.78, 5) is 9.96. The average molecular weight is 321 g/mol. The minimum atomic E-state index is -3.71. The van der Waals surface area contributed by atoms with Crippen LogP contribution in [-0.4, -0.2) is 13.3 Å². The van der Waals surface area contributed by atoms with Crippen molar-refractivity contribution in [3.63, 3.8) is 0 Å². The Morgan fingerprint density at radius 3 is 2.05 bits per heavy atom. The first-order chi connectivity index (χ1) is 10.4. The monoisotopic (exact) mass is 321 g/mol. The van der Waals surface area contributed by atoms with Crippen LogP contribution in [0.5, 0.6) is 0 Å². The van der Waals surface area contributed by atoms with Gasteiger partial charge in [-0.25, -0.2) is 13.1 Å². The van der Waals surface area contributed by atoms with Gasteiger partial charge in [-0.2, -0.15) is 0 Å². The van der Waals surface area contributed by atoms with Gasteiger partial charge in [0, 0.05) is 25.2 Å². The molecule has 0 aromatic heterocycles. The van der Waals surface area contributed by atoms with E-state index < -0.39 is 14.9 Å². The van der Waals surface area contributed by atoms with Crippen molar-refractivity contribution < 1.29 is 13.3 Å². The molecule has 0 saturated carbocycles. The third-order valence-electron chi connectivity index (χ3n) is 3.08. The second-order valence-electron chi connectivity index (χ2n) is 4.60. The Morgan fingerprint density at radius 1 is 1.00 bits per heavy atom. The Kier molecular flexibility index (Phi) is 4.86. The number of nitro benzene ring substituents is 1. The molecular formula is C14H15N3O4S. The molecule has 0 spiro atoms. The van der Waals surface area contributed by atoms with Gasteiger partial charge in [0.2, 0.25) is 10.0 Å². The molecule has 0 unspecified atom stereocenters. The number of nitrogens with one attached hydrogen (secondary N) is 1. The second-order valence-corrected chi connectivity index (χ2v) is 6.36. The molecule has 0 aliphatic heterocycles. The van der Waals surface area contributed by atoms with Crippen LogP contribution in [0.25, 0.3) is 0 Å². The van der Waals surface area contributed by atoms with Crippen LogP contribution in [0.3, 0.4) is 0 Å². The second kappa shape index (κ2) is 6.65. The fraction of sp³-hybridized carbons (Fsp3) is 0.143. The standard InChI is InChI=1S/C14H15N3O4S/c15-9-11-1-3-12(4-2-11)10-16-22(20,21)14-7-5-13(6-8-14)17(18)19/h1-8,16H,9-10,15H2. The van der Waals surface area contributed by atoms with Gasteiger partial charge in [0.25, 0.3) is 5.69 Å². The minimum Gasteiger partial charge on any atom is -0.326 e. The van der Waals surface area contributed by atoms with Crippen LogP contribution in [-0.2, 0) is 23.1 Å². The van der Waals surface area contributed by atoms with E-state index in [9.17, 15) is 18.5 Å². The van der Waals surface area contributed by atoms with Gasteiger partial charge in [-0.15, -0.1) is 0 Å². The lowest BCUT2D eigenvalue weighted by Gasteiger charge is -2.07. The Bertz CT molecular complexity index is 756. The van der Waals surface area contributed by atoms with Crippen molar-refractivity contribution in [2.45, 2.75) is 18.0 Å². The van der Waals surface area contributed by atoms with Gasteiger partial charge < -0.3 is 5.73 Å². The maximum Gasteiger partial charge on any atom is 0.269 e. The summed E-state index contributed by atoms with van der Waals surface area (Å²) in [5.41, 5.74) is 7.09. The van der Waals surface area contributed by atoms with Crippen molar-refractivity contribution in [1.82, 2.24) is 4.72 Å². The van der Waals surface area contributed by atoms with Crippen molar-refractivity contribution >= 4 is 15.7 Å². The molecule has 0 aliphatic carbocycles. The molecule has 116 valence electrons. The fourth-order valence-corrected chi connectivity index (χ4v) is 2.82. The summed E-state index contributed by atoms with van der Waals surface area (Å²) < 4.78 is 26.7. The smallest absolute Gasteiger partial charge is 0.269 e. The van der Waals surface area contributed by atoms with Gasteiger partial charge >= 0.3 is 0 Å². The van der Waals surface area contributed by atoms with Crippen LogP contribution in [0, 0.1) is 10.1 Å². The Balaban J connectivity index is 2.08. The van der Waals surface area contributed by atoms with Crippen molar-refractivity contribution in [1.29, 1.82) is 0 Å².